The second-order valence-electron chi connectivity index (χ2n) is 5.67. The average Bonchev–Trinajstić information content (AvgIpc) is 2.59. The molecular formula is C20H23NO3. The number of anilines is 1. The maximum Gasteiger partial charge on any atom is 0.303 e. The van der Waals surface area contributed by atoms with Gasteiger partial charge in [0.05, 0.1) is 0 Å². The molecule has 2 rings (SSSR count). The van der Waals surface area contributed by atoms with Gasteiger partial charge in [-0.05, 0) is 23.6 Å². The molecule has 2 aromatic carbocycles. The Balaban J connectivity index is 2.25. The van der Waals surface area contributed by atoms with Crippen LogP contribution in [0.5, 0.6) is 0 Å². The number of carbonyl (C=O) groups is 2. The minimum atomic E-state index is -0.466. The highest BCUT2D eigenvalue weighted by Gasteiger charge is 2.17. The van der Waals surface area contributed by atoms with Crippen molar-refractivity contribution in [1.29, 1.82) is 0 Å². The van der Waals surface area contributed by atoms with Gasteiger partial charge in [0.2, 0.25) is 0 Å². The van der Waals surface area contributed by atoms with Crippen LogP contribution in [0.2, 0.25) is 0 Å². The number of nitrogens with one attached hydrogen (secondary N) is 1. The Bertz CT molecular complexity index is 682. The topological polar surface area (TPSA) is 55.4 Å². The molecule has 2 aromatic rings. The van der Waals surface area contributed by atoms with Crippen LogP contribution in [0, 0.1) is 0 Å². The summed E-state index contributed by atoms with van der Waals surface area (Å²) in [6.07, 6.45) is 2.02. The van der Waals surface area contributed by atoms with E-state index >= 15 is 0 Å². The van der Waals surface area contributed by atoms with E-state index in [1.54, 1.807) is 0 Å². The Labute approximate surface area is 142 Å². The third kappa shape index (κ3) is 4.95. The molecule has 0 aliphatic heterocycles. The molecule has 4 heteroatoms. The molecule has 0 bridgehead atoms. The summed E-state index contributed by atoms with van der Waals surface area (Å²) in [6.45, 7) is 3.17. The number of carbonyl (C=O) groups excluding carboxylic acids is 2. The first kappa shape index (κ1) is 17.7. The first-order valence-corrected chi connectivity index (χ1v) is 8.19. The highest BCUT2D eigenvalue weighted by atomic mass is 16.5. The predicted octanol–water partition coefficient (Wildman–Crippen LogP) is 4.12. The van der Waals surface area contributed by atoms with Crippen LogP contribution in [0.3, 0.4) is 0 Å². The quantitative estimate of drug-likeness (QED) is 0.779. The molecule has 0 aliphatic rings. The van der Waals surface area contributed by atoms with Crippen molar-refractivity contribution in [2.24, 2.45) is 0 Å². The number of benzene rings is 2. The van der Waals surface area contributed by atoms with Gasteiger partial charge in [0, 0.05) is 18.5 Å². The summed E-state index contributed by atoms with van der Waals surface area (Å²) in [7, 11) is 0. The summed E-state index contributed by atoms with van der Waals surface area (Å²) in [5.74, 6) is -0.589. The molecular weight excluding hydrogens is 302 g/mol. The number of hydrogen-bond donors (Lipinski definition) is 1. The zero-order valence-electron chi connectivity index (χ0n) is 14.1. The first-order valence-electron chi connectivity index (χ1n) is 8.19. The van der Waals surface area contributed by atoms with Crippen LogP contribution >= 0.6 is 0 Å². The Morgan fingerprint density at radius 1 is 1.04 bits per heavy atom. The molecule has 24 heavy (non-hydrogen) atoms. The van der Waals surface area contributed by atoms with Crippen LogP contribution < -0.4 is 5.32 Å². The van der Waals surface area contributed by atoms with E-state index in [-0.39, 0.29) is 18.4 Å². The summed E-state index contributed by atoms with van der Waals surface area (Å²) in [5, 5.41) is 2.86. The van der Waals surface area contributed by atoms with Gasteiger partial charge in [-0.15, -0.1) is 0 Å². The van der Waals surface area contributed by atoms with Gasteiger partial charge in [-0.3, -0.25) is 9.59 Å². The lowest BCUT2D eigenvalue weighted by Gasteiger charge is -2.21. The third-order valence-corrected chi connectivity index (χ3v) is 3.80. The zero-order valence-corrected chi connectivity index (χ0v) is 14.1. The average molecular weight is 325 g/mol. The molecule has 126 valence electrons. The van der Waals surface area contributed by atoms with E-state index in [9.17, 15) is 9.59 Å². The van der Waals surface area contributed by atoms with E-state index in [2.05, 4.69) is 24.4 Å². The molecule has 0 aliphatic carbocycles. The van der Waals surface area contributed by atoms with Crippen LogP contribution in [-0.4, -0.2) is 18.5 Å². The number of esters is 1. The number of para-hydroxylation sites is 1. The summed E-state index contributed by atoms with van der Waals surface area (Å²) < 4.78 is 4.76. The van der Waals surface area contributed by atoms with E-state index in [4.69, 9.17) is 4.74 Å². The van der Waals surface area contributed by atoms with E-state index in [0.29, 0.717) is 0 Å². The number of amides is 1. The highest BCUT2D eigenvalue weighted by Crippen LogP contribution is 2.33. The van der Waals surface area contributed by atoms with Gasteiger partial charge in [-0.1, -0.05) is 61.9 Å². The van der Waals surface area contributed by atoms with Crippen LogP contribution in [-0.2, 0) is 14.3 Å². The lowest BCUT2D eigenvalue weighted by Crippen LogP contribution is -2.21. The van der Waals surface area contributed by atoms with E-state index in [0.717, 1.165) is 24.1 Å². The third-order valence-electron chi connectivity index (χ3n) is 3.80. The fourth-order valence-electron chi connectivity index (χ4n) is 2.74. The van der Waals surface area contributed by atoms with Crippen molar-refractivity contribution < 1.29 is 14.3 Å². The van der Waals surface area contributed by atoms with Crippen molar-refractivity contribution in [2.45, 2.75) is 32.6 Å². The summed E-state index contributed by atoms with van der Waals surface area (Å²) in [4.78, 5) is 22.8. The minimum Gasteiger partial charge on any atom is -0.456 e. The van der Waals surface area contributed by atoms with Crippen LogP contribution in [0.15, 0.2) is 54.6 Å². The van der Waals surface area contributed by atoms with Gasteiger partial charge < -0.3 is 10.1 Å². The largest absolute Gasteiger partial charge is 0.456 e. The first-order chi connectivity index (χ1) is 11.6. The Morgan fingerprint density at radius 2 is 1.71 bits per heavy atom. The maximum absolute atomic E-state index is 12.0. The molecule has 0 heterocycles. The monoisotopic (exact) mass is 325 g/mol. The molecule has 0 aromatic heterocycles. The van der Waals surface area contributed by atoms with Crippen molar-refractivity contribution in [3.8, 4) is 0 Å². The molecule has 1 atom stereocenters. The Morgan fingerprint density at radius 3 is 2.38 bits per heavy atom. The molecule has 0 saturated carbocycles. The second kappa shape index (κ2) is 8.87. The molecule has 0 saturated heterocycles. The molecule has 0 radical (unpaired) electrons. The lowest BCUT2D eigenvalue weighted by molar-refractivity contribution is -0.144. The maximum atomic E-state index is 12.0. The van der Waals surface area contributed by atoms with Crippen molar-refractivity contribution in [3.05, 3.63) is 65.7 Å². The molecule has 4 nitrogen and oxygen atoms in total. The van der Waals surface area contributed by atoms with Crippen molar-refractivity contribution in [2.75, 3.05) is 11.9 Å². The fourth-order valence-corrected chi connectivity index (χ4v) is 2.74. The van der Waals surface area contributed by atoms with Gasteiger partial charge in [0.25, 0.3) is 5.91 Å². The van der Waals surface area contributed by atoms with Gasteiger partial charge in [-0.2, -0.15) is 0 Å². The van der Waals surface area contributed by atoms with Crippen molar-refractivity contribution in [3.63, 3.8) is 0 Å². The van der Waals surface area contributed by atoms with Crippen LogP contribution in [0.4, 0.5) is 5.69 Å². The van der Waals surface area contributed by atoms with Gasteiger partial charge in [-0.25, -0.2) is 0 Å². The van der Waals surface area contributed by atoms with Crippen molar-refractivity contribution >= 4 is 17.6 Å². The van der Waals surface area contributed by atoms with Crippen LogP contribution in [0.25, 0.3) is 0 Å². The summed E-state index contributed by atoms with van der Waals surface area (Å²) >= 11 is 0. The lowest BCUT2D eigenvalue weighted by atomic mass is 9.86. The predicted molar refractivity (Wildman–Crippen MR) is 94.9 cm³/mol. The normalized spacial score (nSPS) is 11.6. The molecule has 1 N–H and O–H groups in total. The molecule has 1 unspecified atom stereocenters. The van der Waals surface area contributed by atoms with Crippen molar-refractivity contribution in [1.82, 2.24) is 0 Å². The fraction of sp³-hybridized carbons (Fsp3) is 0.300. The van der Waals surface area contributed by atoms with E-state index in [1.807, 2.05) is 42.5 Å². The number of ether oxygens (including phenoxy) is 1. The summed E-state index contributed by atoms with van der Waals surface area (Å²) in [6, 6.07) is 18.1. The van der Waals surface area contributed by atoms with E-state index < -0.39 is 5.97 Å². The van der Waals surface area contributed by atoms with Gasteiger partial charge >= 0.3 is 5.97 Å². The standard InChI is InChI=1S/C20H23NO3/c1-3-9-17(16-10-5-4-6-11-16)18-12-7-8-13-19(18)21-20(23)14-24-15(2)22/h4-8,10-13,17H,3,9,14H2,1-2H3,(H,21,23). The highest BCUT2D eigenvalue weighted by molar-refractivity contribution is 5.93. The molecule has 0 fully saturated rings. The van der Waals surface area contributed by atoms with Gasteiger partial charge in [0.15, 0.2) is 6.61 Å². The molecule has 0 spiro atoms. The Hall–Kier alpha value is -2.62. The zero-order chi connectivity index (χ0) is 17.4. The van der Waals surface area contributed by atoms with Gasteiger partial charge in [0.1, 0.15) is 0 Å². The summed E-state index contributed by atoms with van der Waals surface area (Å²) in [5.41, 5.74) is 3.06. The van der Waals surface area contributed by atoms with E-state index in [1.165, 1.54) is 12.5 Å². The molecule has 1 amide bonds. The van der Waals surface area contributed by atoms with Crippen LogP contribution in [0.1, 0.15) is 43.7 Å². The smallest absolute Gasteiger partial charge is 0.303 e. The second-order valence-corrected chi connectivity index (χ2v) is 5.67. The minimum absolute atomic E-state index is 0.210. The Kier molecular flexibility index (Phi) is 6.55. The number of hydrogen-bond acceptors (Lipinski definition) is 3. The SMILES string of the molecule is CCCC(c1ccccc1)c1ccccc1NC(=O)COC(C)=O. The number of rotatable bonds is 7.